The van der Waals surface area contributed by atoms with E-state index in [1.54, 1.807) is 12.1 Å². The Labute approximate surface area is 139 Å². The number of ether oxygens (including phenoxy) is 2. The Balaban J connectivity index is 2.16. The molecule has 3 nitrogen and oxygen atoms in total. The number of aryl methyl sites for hydroxylation is 1. The summed E-state index contributed by atoms with van der Waals surface area (Å²) in [7, 11) is 1.34. The highest BCUT2D eigenvalue weighted by Gasteiger charge is 2.28. The summed E-state index contributed by atoms with van der Waals surface area (Å²) in [6.07, 6.45) is 0.698. The molecule has 1 atom stereocenters. The van der Waals surface area contributed by atoms with Gasteiger partial charge in [0, 0.05) is 22.6 Å². The lowest BCUT2D eigenvalue weighted by Crippen LogP contribution is -2.18. The maximum Gasteiger partial charge on any atom is 0.338 e. The SMILES string of the molecule is COC(=O)c1cc(Cl)c(C)cc1C1CCOc2cc(F)ccc21. The first-order valence-corrected chi connectivity index (χ1v) is 7.69. The topological polar surface area (TPSA) is 35.5 Å². The number of hydrogen-bond acceptors (Lipinski definition) is 3. The fourth-order valence-corrected chi connectivity index (χ4v) is 3.13. The van der Waals surface area contributed by atoms with Gasteiger partial charge in [-0.3, -0.25) is 0 Å². The van der Waals surface area contributed by atoms with E-state index in [1.165, 1.54) is 19.2 Å². The summed E-state index contributed by atoms with van der Waals surface area (Å²) in [4.78, 5) is 12.1. The minimum Gasteiger partial charge on any atom is -0.493 e. The fourth-order valence-electron chi connectivity index (χ4n) is 2.97. The zero-order valence-electron chi connectivity index (χ0n) is 12.9. The van der Waals surface area contributed by atoms with Crippen LogP contribution < -0.4 is 4.74 Å². The highest BCUT2D eigenvalue weighted by Crippen LogP contribution is 2.41. The van der Waals surface area contributed by atoms with E-state index in [0.29, 0.717) is 29.4 Å². The standard InChI is InChI=1S/C18H16ClFO3/c1-10-7-14(15(9-16(10)19)18(21)22-2)12-5-6-23-17-8-11(20)3-4-13(12)17/h3-4,7-9,12H,5-6H2,1-2H3. The van der Waals surface area contributed by atoms with Crippen LogP contribution in [-0.4, -0.2) is 19.7 Å². The van der Waals surface area contributed by atoms with E-state index < -0.39 is 5.97 Å². The van der Waals surface area contributed by atoms with Crippen LogP contribution in [0.5, 0.6) is 5.75 Å². The van der Waals surface area contributed by atoms with Crippen molar-refractivity contribution < 1.29 is 18.7 Å². The minimum absolute atomic E-state index is 0.0654. The number of carbonyl (C=O) groups excluding carboxylic acids is 1. The number of methoxy groups -OCH3 is 1. The van der Waals surface area contributed by atoms with Crippen LogP contribution in [0.3, 0.4) is 0 Å². The molecule has 2 aromatic rings. The molecule has 0 fully saturated rings. The monoisotopic (exact) mass is 334 g/mol. The van der Waals surface area contributed by atoms with Crippen molar-refractivity contribution in [2.24, 2.45) is 0 Å². The third-order valence-corrected chi connectivity index (χ3v) is 4.53. The van der Waals surface area contributed by atoms with Crippen LogP contribution in [0.4, 0.5) is 4.39 Å². The molecule has 23 heavy (non-hydrogen) atoms. The van der Waals surface area contributed by atoms with E-state index in [-0.39, 0.29) is 11.7 Å². The van der Waals surface area contributed by atoms with Crippen LogP contribution >= 0.6 is 11.6 Å². The van der Waals surface area contributed by atoms with E-state index in [9.17, 15) is 9.18 Å². The maximum absolute atomic E-state index is 13.4. The molecule has 5 heteroatoms. The van der Waals surface area contributed by atoms with Gasteiger partial charge in [0.05, 0.1) is 19.3 Å². The largest absolute Gasteiger partial charge is 0.493 e. The summed E-state index contributed by atoms with van der Waals surface area (Å²) < 4.78 is 23.9. The van der Waals surface area contributed by atoms with Gasteiger partial charge in [0.25, 0.3) is 0 Å². The molecule has 0 aliphatic carbocycles. The van der Waals surface area contributed by atoms with Gasteiger partial charge in [0.15, 0.2) is 0 Å². The van der Waals surface area contributed by atoms with Gasteiger partial charge in [-0.2, -0.15) is 0 Å². The molecule has 0 radical (unpaired) electrons. The van der Waals surface area contributed by atoms with Crippen LogP contribution in [0.1, 0.15) is 39.4 Å². The van der Waals surface area contributed by atoms with E-state index in [4.69, 9.17) is 21.1 Å². The van der Waals surface area contributed by atoms with Gasteiger partial charge in [-0.25, -0.2) is 9.18 Å². The van der Waals surface area contributed by atoms with Crippen LogP contribution in [-0.2, 0) is 4.74 Å². The summed E-state index contributed by atoms with van der Waals surface area (Å²) in [6.45, 7) is 2.35. The number of rotatable bonds is 2. The van der Waals surface area contributed by atoms with Crippen molar-refractivity contribution in [2.45, 2.75) is 19.3 Å². The molecule has 0 saturated carbocycles. The molecule has 120 valence electrons. The predicted octanol–water partition coefficient (Wildman–Crippen LogP) is 4.49. The molecule has 0 bridgehead atoms. The molecule has 1 aliphatic rings. The van der Waals surface area contributed by atoms with E-state index in [1.807, 2.05) is 13.0 Å². The lowest BCUT2D eigenvalue weighted by atomic mass is 9.83. The molecule has 1 heterocycles. The average molecular weight is 335 g/mol. The highest BCUT2D eigenvalue weighted by atomic mass is 35.5. The third-order valence-electron chi connectivity index (χ3n) is 4.13. The summed E-state index contributed by atoms with van der Waals surface area (Å²) in [6, 6.07) is 8.02. The molecular weight excluding hydrogens is 319 g/mol. The van der Waals surface area contributed by atoms with Gasteiger partial charge in [-0.1, -0.05) is 23.7 Å². The van der Waals surface area contributed by atoms with Crippen LogP contribution in [0.15, 0.2) is 30.3 Å². The number of esters is 1. The molecule has 0 spiro atoms. The van der Waals surface area contributed by atoms with Crippen LogP contribution in [0.2, 0.25) is 5.02 Å². The van der Waals surface area contributed by atoms with Gasteiger partial charge >= 0.3 is 5.97 Å². The van der Waals surface area contributed by atoms with Gasteiger partial charge < -0.3 is 9.47 Å². The maximum atomic E-state index is 13.4. The lowest BCUT2D eigenvalue weighted by molar-refractivity contribution is 0.0598. The molecule has 1 unspecified atom stereocenters. The Morgan fingerprint density at radius 1 is 1.30 bits per heavy atom. The Hall–Kier alpha value is -2.07. The Kier molecular flexibility index (Phi) is 4.26. The second-order valence-corrected chi connectivity index (χ2v) is 5.96. The second-order valence-electron chi connectivity index (χ2n) is 5.55. The average Bonchev–Trinajstić information content (AvgIpc) is 2.55. The van der Waals surface area contributed by atoms with Gasteiger partial charge in [0.1, 0.15) is 11.6 Å². The van der Waals surface area contributed by atoms with Crippen molar-refractivity contribution in [3.63, 3.8) is 0 Å². The van der Waals surface area contributed by atoms with Crippen molar-refractivity contribution in [3.05, 3.63) is 63.4 Å². The lowest BCUT2D eigenvalue weighted by Gasteiger charge is -2.28. The van der Waals surface area contributed by atoms with Crippen LogP contribution in [0.25, 0.3) is 0 Å². The quantitative estimate of drug-likeness (QED) is 0.759. The van der Waals surface area contributed by atoms with Gasteiger partial charge in [0.2, 0.25) is 0 Å². The smallest absolute Gasteiger partial charge is 0.338 e. The third kappa shape index (κ3) is 2.91. The highest BCUT2D eigenvalue weighted by molar-refractivity contribution is 6.31. The Bertz CT molecular complexity index is 773. The van der Waals surface area contributed by atoms with Crippen molar-refractivity contribution in [1.29, 1.82) is 0 Å². The molecule has 0 N–H and O–H groups in total. The molecule has 1 aliphatic heterocycles. The Morgan fingerprint density at radius 3 is 2.83 bits per heavy atom. The van der Waals surface area contributed by atoms with E-state index in [0.717, 1.165) is 16.7 Å². The van der Waals surface area contributed by atoms with Gasteiger partial charge in [-0.05, 0) is 36.6 Å². The molecular formula is C18H16ClFO3. The summed E-state index contributed by atoms with van der Waals surface area (Å²) in [5, 5.41) is 0.514. The second kappa shape index (κ2) is 6.20. The van der Waals surface area contributed by atoms with Gasteiger partial charge in [-0.15, -0.1) is 0 Å². The summed E-state index contributed by atoms with van der Waals surface area (Å²) in [5.41, 5.74) is 3.01. The van der Waals surface area contributed by atoms with E-state index in [2.05, 4.69) is 0 Å². The summed E-state index contributed by atoms with van der Waals surface area (Å²) in [5.74, 6) is -0.323. The van der Waals surface area contributed by atoms with E-state index >= 15 is 0 Å². The molecule has 2 aromatic carbocycles. The first kappa shape index (κ1) is 15.8. The zero-order valence-corrected chi connectivity index (χ0v) is 13.6. The minimum atomic E-state index is -0.433. The predicted molar refractivity (Wildman–Crippen MR) is 85.9 cm³/mol. The number of hydrogen-bond donors (Lipinski definition) is 0. The normalized spacial score (nSPS) is 16.4. The first-order valence-electron chi connectivity index (χ1n) is 7.32. The number of fused-ring (bicyclic) bond motifs is 1. The molecule has 0 aromatic heterocycles. The summed E-state index contributed by atoms with van der Waals surface area (Å²) >= 11 is 6.16. The van der Waals surface area contributed by atoms with Crippen molar-refractivity contribution in [3.8, 4) is 5.75 Å². The fraction of sp³-hybridized carbons (Fsp3) is 0.278. The molecule has 3 rings (SSSR count). The van der Waals surface area contributed by atoms with Crippen LogP contribution in [0, 0.1) is 12.7 Å². The van der Waals surface area contributed by atoms with Crippen molar-refractivity contribution in [2.75, 3.05) is 13.7 Å². The van der Waals surface area contributed by atoms with Crippen molar-refractivity contribution >= 4 is 17.6 Å². The molecule has 0 saturated heterocycles. The number of carbonyl (C=O) groups is 1. The number of halogens is 2. The van der Waals surface area contributed by atoms with Crippen molar-refractivity contribution in [1.82, 2.24) is 0 Å². The molecule has 0 amide bonds. The number of benzene rings is 2. The zero-order chi connectivity index (χ0) is 16.6. The Morgan fingerprint density at radius 2 is 2.09 bits per heavy atom. The first-order chi connectivity index (χ1) is 11.0.